The fourth-order valence-electron chi connectivity index (χ4n) is 3.56. The number of nitrogens with zero attached hydrogens (tertiary/aromatic N) is 4. The lowest BCUT2D eigenvalue weighted by atomic mass is 10.2. The van der Waals surface area contributed by atoms with Gasteiger partial charge >= 0.3 is 5.69 Å². The predicted molar refractivity (Wildman–Crippen MR) is 119 cm³/mol. The van der Waals surface area contributed by atoms with Gasteiger partial charge in [0.1, 0.15) is 22.7 Å². The summed E-state index contributed by atoms with van der Waals surface area (Å²) in [6.45, 7) is 1.44. The number of hydrogen-bond acceptors (Lipinski definition) is 8. The van der Waals surface area contributed by atoms with E-state index in [4.69, 9.17) is 9.47 Å². The Balaban J connectivity index is 1.68. The van der Waals surface area contributed by atoms with Gasteiger partial charge in [0, 0.05) is 26.2 Å². The summed E-state index contributed by atoms with van der Waals surface area (Å²) in [5, 5.41) is 3.44. The van der Waals surface area contributed by atoms with Crippen LogP contribution in [0.15, 0.2) is 27.8 Å². The van der Waals surface area contributed by atoms with E-state index in [1.165, 1.54) is 37.2 Å². The van der Waals surface area contributed by atoms with E-state index >= 15 is 0 Å². The molecule has 3 aromatic rings. The summed E-state index contributed by atoms with van der Waals surface area (Å²) < 4.78 is 13.1. The summed E-state index contributed by atoms with van der Waals surface area (Å²) in [6.07, 6.45) is 2.12. The van der Waals surface area contributed by atoms with E-state index in [9.17, 15) is 14.4 Å². The third-order valence-electron chi connectivity index (χ3n) is 5.23. The Hall–Kier alpha value is -3.34. The molecule has 1 aliphatic rings. The van der Waals surface area contributed by atoms with Crippen LogP contribution in [-0.2, 0) is 18.4 Å². The van der Waals surface area contributed by atoms with E-state index < -0.39 is 17.2 Å². The number of aromatic nitrogens is 3. The molecule has 10 nitrogen and oxygen atoms in total. The molecule has 0 unspecified atom stereocenters. The number of benzene rings is 1. The fourth-order valence-corrected chi connectivity index (χ4v) is 4.65. The number of carbonyl (C=O) groups excluding carboxylic acids is 1. The number of nitrogens with one attached hydrogen (secondary N) is 1. The maximum absolute atomic E-state index is 12.8. The fraction of sp³-hybridized carbons (Fsp3) is 0.400. The van der Waals surface area contributed by atoms with Crippen LogP contribution in [0.25, 0.3) is 10.3 Å². The smallest absolute Gasteiger partial charge is 0.332 e. The van der Waals surface area contributed by atoms with Crippen molar-refractivity contribution in [1.82, 2.24) is 14.1 Å². The predicted octanol–water partition coefficient (Wildman–Crippen LogP) is 1.41. The molecular weight excluding hydrogens is 422 g/mol. The van der Waals surface area contributed by atoms with Gasteiger partial charge in [0.05, 0.1) is 19.9 Å². The minimum Gasteiger partial charge on any atom is -0.497 e. The van der Waals surface area contributed by atoms with Gasteiger partial charge in [-0.15, -0.1) is 0 Å². The number of methoxy groups -OCH3 is 2. The summed E-state index contributed by atoms with van der Waals surface area (Å²) in [6, 6.07) is 5.00. The van der Waals surface area contributed by atoms with Crippen molar-refractivity contribution < 1.29 is 14.3 Å². The van der Waals surface area contributed by atoms with E-state index in [0.717, 1.165) is 30.5 Å². The number of anilines is 2. The van der Waals surface area contributed by atoms with E-state index in [-0.39, 0.29) is 12.2 Å². The van der Waals surface area contributed by atoms with Crippen molar-refractivity contribution in [3.63, 3.8) is 0 Å². The van der Waals surface area contributed by atoms with Crippen LogP contribution in [0.1, 0.15) is 12.8 Å². The zero-order chi connectivity index (χ0) is 22.1. The van der Waals surface area contributed by atoms with Gasteiger partial charge in [-0.3, -0.25) is 18.7 Å². The normalized spacial score (nSPS) is 13.6. The molecular formula is C20H23N5O5S. The highest BCUT2D eigenvalue weighted by atomic mass is 32.1. The van der Waals surface area contributed by atoms with Crippen molar-refractivity contribution in [2.75, 3.05) is 37.5 Å². The summed E-state index contributed by atoms with van der Waals surface area (Å²) >= 11 is 1.26. The number of thiazole rings is 1. The highest BCUT2D eigenvalue weighted by molar-refractivity contribution is 7.22. The number of hydrogen-bond donors (Lipinski definition) is 1. The first-order chi connectivity index (χ1) is 14.9. The summed E-state index contributed by atoms with van der Waals surface area (Å²) in [4.78, 5) is 44.8. The number of fused-ring (bicyclic) bond motifs is 1. The Kier molecular flexibility index (Phi) is 5.68. The van der Waals surface area contributed by atoms with Crippen LogP contribution >= 0.6 is 11.3 Å². The molecule has 1 fully saturated rings. The summed E-state index contributed by atoms with van der Waals surface area (Å²) in [7, 11) is 4.43. The molecule has 1 amide bonds. The monoisotopic (exact) mass is 445 g/mol. The number of rotatable bonds is 6. The van der Waals surface area contributed by atoms with Crippen LogP contribution in [0.2, 0.25) is 0 Å². The van der Waals surface area contributed by atoms with Crippen molar-refractivity contribution in [2.45, 2.75) is 19.4 Å². The maximum atomic E-state index is 12.8. The molecule has 0 atom stereocenters. The highest BCUT2D eigenvalue weighted by Gasteiger charge is 2.22. The molecule has 0 saturated carbocycles. The van der Waals surface area contributed by atoms with Gasteiger partial charge in [0.25, 0.3) is 5.56 Å². The zero-order valence-electron chi connectivity index (χ0n) is 17.5. The van der Waals surface area contributed by atoms with Crippen LogP contribution in [0.5, 0.6) is 11.5 Å². The molecule has 3 heterocycles. The topological polar surface area (TPSA) is 108 Å². The van der Waals surface area contributed by atoms with Crippen molar-refractivity contribution in [1.29, 1.82) is 0 Å². The summed E-state index contributed by atoms with van der Waals surface area (Å²) in [5.74, 6) is 0.569. The largest absolute Gasteiger partial charge is 0.497 e. The van der Waals surface area contributed by atoms with E-state index in [0.29, 0.717) is 27.0 Å². The summed E-state index contributed by atoms with van der Waals surface area (Å²) in [5.41, 5.74) is -0.320. The second-order valence-electron chi connectivity index (χ2n) is 7.19. The molecule has 31 heavy (non-hydrogen) atoms. The molecule has 0 aliphatic carbocycles. The van der Waals surface area contributed by atoms with E-state index in [2.05, 4.69) is 15.2 Å². The second kappa shape index (κ2) is 8.42. The van der Waals surface area contributed by atoms with Crippen molar-refractivity contribution >= 4 is 38.4 Å². The number of carbonyl (C=O) groups is 1. The van der Waals surface area contributed by atoms with Gasteiger partial charge in [-0.25, -0.2) is 9.78 Å². The molecule has 11 heteroatoms. The Bertz CT molecular complexity index is 1260. The lowest BCUT2D eigenvalue weighted by molar-refractivity contribution is -0.116. The number of ether oxygens (including phenoxy) is 2. The van der Waals surface area contributed by atoms with Gasteiger partial charge in [-0.2, -0.15) is 0 Å². The first kappa shape index (κ1) is 20.9. The molecule has 1 N–H and O–H groups in total. The highest BCUT2D eigenvalue weighted by Crippen LogP contribution is 2.30. The molecule has 2 aromatic heterocycles. The van der Waals surface area contributed by atoms with Crippen molar-refractivity contribution in [3.05, 3.63) is 39.0 Å². The first-order valence-corrected chi connectivity index (χ1v) is 10.6. The van der Waals surface area contributed by atoms with Crippen molar-refractivity contribution in [3.8, 4) is 11.5 Å². The molecule has 1 aromatic carbocycles. The van der Waals surface area contributed by atoms with Crippen LogP contribution in [0.3, 0.4) is 0 Å². The maximum Gasteiger partial charge on any atom is 0.332 e. The SMILES string of the molecule is COc1ccc(NC(=O)Cn2c(=O)n(C)c(=O)c3sc(N4CCCC4)nc32)c(OC)c1. The molecule has 4 rings (SSSR count). The molecule has 1 saturated heterocycles. The molecule has 0 spiro atoms. The standard InChI is InChI=1S/C20H23N5O5S/c1-23-18(27)16-17(22-19(31-16)24-8-4-5-9-24)25(20(23)28)11-15(26)21-13-7-6-12(29-2)10-14(13)30-3/h6-7,10H,4-5,8-9,11H2,1-3H3,(H,21,26). The quantitative estimate of drug-likeness (QED) is 0.611. The van der Waals surface area contributed by atoms with Crippen LogP contribution in [0.4, 0.5) is 10.8 Å². The van der Waals surface area contributed by atoms with Gasteiger partial charge in [-0.1, -0.05) is 11.3 Å². The molecule has 164 valence electrons. The third kappa shape index (κ3) is 3.88. The average molecular weight is 446 g/mol. The zero-order valence-corrected chi connectivity index (χ0v) is 18.3. The van der Waals surface area contributed by atoms with Gasteiger partial charge in [-0.05, 0) is 25.0 Å². The minimum atomic E-state index is -0.590. The van der Waals surface area contributed by atoms with Crippen LogP contribution in [0, 0.1) is 0 Å². The second-order valence-corrected chi connectivity index (χ2v) is 8.17. The first-order valence-electron chi connectivity index (χ1n) is 9.80. The lowest BCUT2D eigenvalue weighted by Crippen LogP contribution is -2.39. The van der Waals surface area contributed by atoms with Crippen LogP contribution < -0.4 is 30.9 Å². The molecule has 0 bridgehead atoms. The van der Waals surface area contributed by atoms with Gasteiger partial charge < -0.3 is 19.7 Å². The van der Waals surface area contributed by atoms with Gasteiger partial charge in [0.2, 0.25) is 5.91 Å². The Morgan fingerprint density at radius 2 is 1.94 bits per heavy atom. The Morgan fingerprint density at radius 3 is 2.61 bits per heavy atom. The molecule has 0 radical (unpaired) electrons. The van der Waals surface area contributed by atoms with Crippen molar-refractivity contribution in [2.24, 2.45) is 7.05 Å². The lowest BCUT2D eigenvalue weighted by Gasteiger charge is -2.13. The van der Waals surface area contributed by atoms with Gasteiger partial charge in [0.15, 0.2) is 10.8 Å². The van der Waals surface area contributed by atoms with E-state index in [1.807, 2.05) is 0 Å². The Labute approximate surface area is 181 Å². The Morgan fingerprint density at radius 1 is 1.19 bits per heavy atom. The van der Waals surface area contributed by atoms with Crippen LogP contribution in [-0.4, -0.2) is 47.3 Å². The number of amides is 1. The third-order valence-corrected chi connectivity index (χ3v) is 6.32. The minimum absolute atomic E-state index is 0.233. The van der Waals surface area contributed by atoms with E-state index in [1.54, 1.807) is 18.2 Å². The average Bonchev–Trinajstić information content (AvgIpc) is 3.45. The molecule has 1 aliphatic heterocycles.